The standard InChI is InChI=1S/C24H25FN2O3/c1-16-8-10-18(11-9-16)21-22(26-12-4-5-17(13-26)15-28)24(30)27(23(21)29)14-19-6-2-3-7-20(19)25/h2-3,6-11,17,28H,4-5,12-15H2,1H3. The van der Waals surface area contributed by atoms with E-state index in [1.165, 1.54) is 6.07 Å². The largest absolute Gasteiger partial charge is 0.396 e. The monoisotopic (exact) mass is 408 g/mol. The number of hydrogen-bond acceptors (Lipinski definition) is 4. The number of likely N-dealkylation sites (tertiary alicyclic amines) is 1. The molecule has 0 spiro atoms. The SMILES string of the molecule is Cc1ccc(C2=C(N3CCCC(CO)C3)C(=O)N(Cc3ccccc3F)C2=O)cc1. The van der Waals surface area contributed by atoms with Crippen LogP contribution in [0.15, 0.2) is 54.2 Å². The van der Waals surface area contributed by atoms with Gasteiger partial charge in [0, 0.05) is 25.3 Å². The number of amides is 2. The van der Waals surface area contributed by atoms with Gasteiger partial charge in [-0.2, -0.15) is 0 Å². The summed E-state index contributed by atoms with van der Waals surface area (Å²) in [6.07, 6.45) is 1.73. The first-order valence-corrected chi connectivity index (χ1v) is 10.3. The minimum atomic E-state index is -0.443. The Balaban J connectivity index is 1.74. The molecule has 2 aromatic rings. The van der Waals surface area contributed by atoms with Crippen LogP contribution in [0.1, 0.15) is 29.5 Å². The second-order valence-corrected chi connectivity index (χ2v) is 8.01. The van der Waals surface area contributed by atoms with Crippen molar-refractivity contribution in [3.8, 4) is 0 Å². The van der Waals surface area contributed by atoms with Crippen LogP contribution in [0, 0.1) is 18.7 Å². The summed E-state index contributed by atoms with van der Waals surface area (Å²) in [7, 11) is 0. The van der Waals surface area contributed by atoms with Crippen molar-refractivity contribution in [3.05, 3.63) is 76.7 Å². The zero-order chi connectivity index (χ0) is 21.3. The van der Waals surface area contributed by atoms with Gasteiger partial charge in [0.25, 0.3) is 11.8 Å². The van der Waals surface area contributed by atoms with Gasteiger partial charge in [0.05, 0.1) is 12.1 Å². The number of benzene rings is 2. The summed E-state index contributed by atoms with van der Waals surface area (Å²) < 4.78 is 14.2. The highest BCUT2D eigenvalue weighted by Gasteiger charge is 2.42. The zero-order valence-electron chi connectivity index (χ0n) is 17.0. The molecule has 0 bridgehead atoms. The summed E-state index contributed by atoms with van der Waals surface area (Å²) in [5, 5.41) is 9.61. The molecule has 0 aromatic heterocycles. The van der Waals surface area contributed by atoms with Gasteiger partial charge in [-0.15, -0.1) is 0 Å². The van der Waals surface area contributed by atoms with Crippen LogP contribution >= 0.6 is 0 Å². The molecule has 4 rings (SSSR count). The van der Waals surface area contributed by atoms with Crippen LogP contribution in [0.2, 0.25) is 0 Å². The number of carbonyl (C=O) groups is 2. The maximum atomic E-state index is 14.2. The van der Waals surface area contributed by atoms with E-state index in [9.17, 15) is 19.1 Å². The van der Waals surface area contributed by atoms with Gasteiger partial charge in [-0.1, -0.05) is 48.0 Å². The van der Waals surface area contributed by atoms with Crippen LogP contribution in [-0.4, -0.2) is 46.4 Å². The van der Waals surface area contributed by atoms with Gasteiger partial charge in [-0.25, -0.2) is 4.39 Å². The first kappa shape index (κ1) is 20.3. The molecule has 2 aliphatic heterocycles. The number of nitrogens with zero attached hydrogens (tertiary/aromatic N) is 2. The van der Waals surface area contributed by atoms with Gasteiger partial charge in [0.2, 0.25) is 0 Å². The third-order valence-electron chi connectivity index (χ3n) is 5.86. The Morgan fingerprint density at radius 3 is 2.50 bits per heavy atom. The Hall–Kier alpha value is -2.99. The number of rotatable bonds is 5. The third kappa shape index (κ3) is 3.75. The van der Waals surface area contributed by atoms with Crippen LogP contribution < -0.4 is 0 Å². The second-order valence-electron chi connectivity index (χ2n) is 8.01. The first-order valence-electron chi connectivity index (χ1n) is 10.3. The molecule has 5 nitrogen and oxygen atoms in total. The van der Waals surface area contributed by atoms with Crippen LogP contribution in [0.4, 0.5) is 4.39 Å². The summed E-state index contributed by atoms with van der Waals surface area (Å²) in [5.41, 5.74) is 2.75. The smallest absolute Gasteiger partial charge is 0.278 e. The minimum Gasteiger partial charge on any atom is -0.396 e. The molecule has 1 unspecified atom stereocenters. The van der Waals surface area contributed by atoms with Gasteiger partial charge in [0.15, 0.2) is 0 Å². The molecular formula is C24H25FN2O3. The third-order valence-corrected chi connectivity index (χ3v) is 5.86. The Labute approximate surface area is 175 Å². The van der Waals surface area contributed by atoms with E-state index in [1.54, 1.807) is 18.2 Å². The fraction of sp³-hybridized carbons (Fsp3) is 0.333. The normalized spacial score (nSPS) is 19.8. The second kappa shape index (κ2) is 8.40. The van der Waals surface area contributed by atoms with E-state index in [0.717, 1.165) is 23.3 Å². The van der Waals surface area contributed by atoms with Crippen molar-refractivity contribution >= 4 is 17.4 Å². The fourth-order valence-electron chi connectivity index (χ4n) is 4.19. The highest BCUT2D eigenvalue weighted by Crippen LogP contribution is 2.35. The molecule has 1 N–H and O–H groups in total. The Bertz CT molecular complexity index is 1000. The molecule has 1 saturated heterocycles. The predicted molar refractivity (Wildman–Crippen MR) is 111 cm³/mol. The maximum Gasteiger partial charge on any atom is 0.278 e. The van der Waals surface area contributed by atoms with E-state index < -0.39 is 17.6 Å². The maximum absolute atomic E-state index is 14.2. The van der Waals surface area contributed by atoms with Gasteiger partial charge >= 0.3 is 0 Å². The Morgan fingerprint density at radius 2 is 1.80 bits per heavy atom. The predicted octanol–water partition coefficient (Wildman–Crippen LogP) is 3.12. The van der Waals surface area contributed by atoms with Crippen molar-refractivity contribution in [2.45, 2.75) is 26.3 Å². The number of piperidine rings is 1. The Kier molecular flexibility index (Phi) is 5.68. The summed E-state index contributed by atoms with van der Waals surface area (Å²) in [6.45, 7) is 3.06. The first-order chi connectivity index (χ1) is 14.5. The number of aryl methyl sites for hydroxylation is 1. The van der Waals surface area contributed by atoms with Crippen molar-refractivity contribution in [1.82, 2.24) is 9.80 Å². The fourth-order valence-corrected chi connectivity index (χ4v) is 4.19. The van der Waals surface area contributed by atoms with Gasteiger partial charge < -0.3 is 10.0 Å². The van der Waals surface area contributed by atoms with E-state index >= 15 is 0 Å². The van der Waals surface area contributed by atoms with Crippen LogP contribution in [-0.2, 0) is 16.1 Å². The number of aliphatic hydroxyl groups excluding tert-OH is 1. The highest BCUT2D eigenvalue weighted by atomic mass is 19.1. The number of imide groups is 1. The average Bonchev–Trinajstić information content (AvgIpc) is 3.00. The van der Waals surface area contributed by atoms with Crippen molar-refractivity contribution < 1.29 is 19.1 Å². The molecule has 0 aliphatic carbocycles. The molecular weight excluding hydrogens is 383 g/mol. The molecule has 6 heteroatoms. The summed E-state index contributed by atoms with van der Waals surface area (Å²) >= 11 is 0. The van der Waals surface area contributed by atoms with E-state index in [2.05, 4.69) is 0 Å². The highest BCUT2D eigenvalue weighted by molar-refractivity contribution is 6.35. The molecule has 0 radical (unpaired) electrons. The van der Waals surface area contributed by atoms with Crippen LogP contribution in [0.25, 0.3) is 5.57 Å². The lowest BCUT2D eigenvalue weighted by molar-refractivity contribution is -0.138. The van der Waals surface area contributed by atoms with Gasteiger partial charge in [-0.05, 0) is 37.3 Å². The number of carbonyl (C=O) groups excluding carboxylic acids is 2. The quantitative estimate of drug-likeness (QED) is 0.773. The van der Waals surface area contributed by atoms with E-state index in [4.69, 9.17) is 0 Å². The number of aliphatic hydroxyl groups is 1. The molecule has 2 heterocycles. The van der Waals surface area contributed by atoms with Gasteiger partial charge in [-0.3, -0.25) is 14.5 Å². The zero-order valence-corrected chi connectivity index (χ0v) is 17.0. The van der Waals surface area contributed by atoms with E-state index in [1.807, 2.05) is 36.1 Å². The molecule has 30 heavy (non-hydrogen) atoms. The lowest BCUT2D eigenvalue weighted by atomic mass is 9.96. The summed E-state index contributed by atoms with van der Waals surface area (Å²) in [4.78, 5) is 29.8. The van der Waals surface area contributed by atoms with Crippen molar-refractivity contribution in [3.63, 3.8) is 0 Å². The average molecular weight is 408 g/mol. The molecule has 1 fully saturated rings. The summed E-state index contributed by atoms with van der Waals surface area (Å²) in [6, 6.07) is 13.7. The number of hydrogen-bond donors (Lipinski definition) is 1. The van der Waals surface area contributed by atoms with Crippen molar-refractivity contribution in [2.75, 3.05) is 19.7 Å². The molecule has 2 amide bonds. The molecule has 2 aromatic carbocycles. The molecule has 2 aliphatic rings. The topological polar surface area (TPSA) is 60.9 Å². The summed E-state index contributed by atoms with van der Waals surface area (Å²) in [5.74, 6) is -1.19. The lowest BCUT2D eigenvalue weighted by Gasteiger charge is -2.34. The van der Waals surface area contributed by atoms with Crippen molar-refractivity contribution in [2.24, 2.45) is 5.92 Å². The minimum absolute atomic E-state index is 0.0464. The van der Waals surface area contributed by atoms with Crippen molar-refractivity contribution in [1.29, 1.82) is 0 Å². The lowest BCUT2D eigenvalue weighted by Crippen LogP contribution is -2.40. The van der Waals surface area contributed by atoms with E-state index in [0.29, 0.717) is 35.5 Å². The van der Waals surface area contributed by atoms with Crippen LogP contribution in [0.3, 0.4) is 0 Å². The molecule has 156 valence electrons. The van der Waals surface area contributed by atoms with E-state index in [-0.39, 0.29) is 19.1 Å². The molecule has 0 saturated carbocycles. The van der Waals surface area contributed by atoms with Gasteiger partial charge in [0.1, 0.15) is 11.5 Å². The molecule has 1 atom stereocenters. The number of halogens is 1. The Morgan fingerprint density at radius 1 is 1.07 bits per heavy atom. The van der Waals surface area contributed by atoms with Crippen LogP contribution in [0.5, 0.6) is 0 Å².